The second kappa shape index (κ2) is 8.38. The summed E-state index contributed by atoms with van der Waals surface area (Å²) in [4.78, 5) is 28.8. The maximum Gasteiger partial charge on any atom is 0.434 e. The van der Waals surface area contributed by atoms with Crippen LogP contribution in [0.2, 0.25) is 0 Å². The van der Waals surface area contributed by atoms with Gasteiger partial charge in [0.05, 0.1) is 23.6 Å². The third kappa shape index (κ3) is 4.10. The Labute approximate surface area is 175 Å². The normalized spacial score (nSPS) is 19.2. The van der Waals surface area contributed by atoms with E-state index in [1.807, 2.05) is 0 Å². The first kappa shape index (κ1) is 22.3. The summed E-state index contributed by atoms with van der Waals surface area (Å²) in [6.07, 6.45) is -4.40. The molecule has 0 radical (unpaired) electrons. The summed E-state index contributed by atoms with van der Waals surface area (Å²) in [5, 5.41) is 9.81. The van der Waals surface area contributed by atoms with Gasteiger partial charge >= 0.3 is 12.1 Å². The molecular weight excluding hydrogens is 413 g/mol. The van der Waals surface area contributed by atoms with E-state index < -0.39 is 35.3 Å². The molecule has 0 fully saturated rings. The van der Waals surface area contributed by atoms with Crippen LogP contribution in [-0.2, 0) is 9.53 Å². The smallest absolute Gasteiger partial charge is 0.434 e. The van der Waals surface area contributed by atoms with E-state index in [2.05, 4.69) is 4.99 Å². The number of halogens is 3. The molecule has 1 aromatic heterocycles. The van der Waals surface area contributed by atoms with Gasteiger partial charge in [-0.2, -0.15) is 18.4 Å². The SMILES string of the molecule is CCCOC(=O)C1C(C)=NC(C(F)(F)F)=C(C#N)[C@H]1c1cccc2c(=O)cc(C)oc12. The van der Waals surface area contributed by atoms with Gasteiger partial charge in [-0.3, -0.25) is 14.6 Å². The van der Waals surface area contributed by atoms with Crippen LogP contribution in [0.5, 0.6) is 0 Å². The molecule has 2 atom stereocenters. The number of aryl methyl sites for hydroxylation is 1. The predicted octanol–water partition coefficient (Wildman–Crippen LogP) is 4.57. The number of alkyl halides is 3. The summed E-state index contributed by atoms with van der Waals surface area (Å²) in [5.74, 6) is -3.20. The Kier molecular flexibility index (Phi) is 6.02. The topological polar surface area (TPSA) is 92.7 Å². The van der Waals surface area contributed by atoms with Crippen molar-refractivity contribution >= 4 is 22.7 Å². The van der Waals surface area contributed by atoms with Crippen molar-refractivity contribution < 1.29 is 27.1 Å². The van der Waals surface area contributed by atoms with Crippen LogP contribution < -0.4 is 5.43 Å². The molecule has 2 aromatic rings. The average molecular weight is 432 g/mol. The molecule has 2 heterocycles. The lowest BCUT2D eigenvalue weighted by Gasteiger charge is -2.31. The lowest BCUT2D eigenvalue weighted by atomic mass is 9.75. The molecule has 1 aromatic carbocycles. The molecule has 0 spiro atoms. The number of carbonyl (C=O) groups is 1. The fraction of sp³-hybridized carbons (Fsp3) is 0.364. The van der Waals surface area contributed by atoms with Crippen molar-refractivity contribution in [3.8, 4) is 6.07 Å². The molecule has 0 aliphatic carbocycles. The highest BCUT2D eigenvalue weighted by atomic mass is 19.4. The number of hydrogen-bond acceptors (Lipinski definition) is 6. The van der Waals surface area contributed by atoms with Crippen molar-refractivity contribution in [1.82, 2.24) is 0 Å². The minimum atomic E-state index is -4.91. The standard InChI is InChI=1S/C22H19F3N2O4/c1-4-8-30-21(29)17-12(3)27-20(22(23,24)25)15(10-26)18(17)14-7-5-6-13-16(28)9-11(2)31-19(13)14/h5-7,9,17-18H,4,8H2,1-3H3/t17?,18-/m1/s1. The highest BCUT2D eigenvalue weighted by molar-refractivity contribution is 6.04. The Bertz CT molecular complexity index is 1200. The monoisotopic (exact) mass is 432 g/mol. The van der Waals surface area contributed by atoms with Gasteiger partial charge in [-0.15, -0.1) is 0 Å². The van der Waals surface area contributed by atoms with E-state index in [1.165, 1.54) is 38.1 Å². The molecule has 9 heteroatoms. The number of allylic oxidation sites excluding steroid dienone is 2. The number of rotatable bonds is 4. The number of carbonyl (C=O) groups excluding carboxylic acids is 1. The van der Waals surface area contributed by atoms with Crippen molar-refractivity contribution in [3.05, 3.63) is 57.1 Å². The summed E-state index contributed by atoms with van der Waals surface area (Å²) in [6.45, 7) is 4.66. The van der Waals surface area contributed by atoms with Crippen LogP contribution in [0, 0.1) is 24.2 Å². The molecule has 0 amide bonds. The Morgan fingerprint density at radius 1 is 1.32 bits per heavy atom. The number of ether oxygens (including phenoxy) is 1. The first-order valence-electron chi connectivity index (χ1n) is 9.56. The van der Waals surface area contributed by atoms with Gasteiger partial charge in [-0.25, -0.2) is 0 Å². The van der Waals surface area contributed by atoms with Crippen LogP contribution in [0.4, 0.5) is 13.2 Å². The zero-order valence-corrected chi connectivity index (χ0v) is 17.0. The molecular formula is C22H19F3N2O4. The molecule has 0 saturated carbocycles. The van der Waals surface area contributed by atoms with Gasteiger partial charge in [-0.05, 0) is 26.3 Å². The van der Waals surface area contributed by atoms with E-state index in [0.717, 1.165) is 0 Å². The number of hydrogen-bond donors (Lipinski definition) is 0. The lowest BCUT2D eigenvalue weighted by molar-refractivity contribution is -0.146. The van der Waals surface area contributed by atoms with Gasteiger partial charge in [0, 0.05) is 23.3 Å². The van der Waals surface area contributed by atoms with Gasteiger partial charge in [0.2, 0.25) is 0 Å². The van der Waals surface area contributed by atoms with Crippen molar-refractivity contribution in [3.63, 3.8) is 0 Å². The van der Waals surface area contributed by atoms with E-state index in [1.54, 1.807) is 13.0 Å². The number of fused-ring (bicyclic) bond motifs is 1. The molecule has 0 bridgehead atoms. The van der Waals surface area contributed by atoms with Crippen LogP contribution >= 0.6 is 0 Å². The van der Waals surface area contributed by atoms with E-state index in [0.29, 0.717) is 6.42 Å². The number of nitriles is 1. The third-order valence-electron chi connectivity index (χ3n) is 4.97. The number of benzene rings is 1. The van der Waals surface area contributed by atoms with Crippen LogP contribution in [0.3, 0.4) is 0 Å². The molecule has 1 aliphatic rings. The Hall–Kier alpha value is -3.41. The number of aliphatic imine (C=N–C) groups is 1. The van der Waals surface area contributed by atoms with E-state index in [4.69, 9.17) is 9.15 Å². The Balaban J connectivity index is 2.36. The van der Waals surface area contributed by atoms with Gasteiger partial charge in [0.15, 0.2) is 11.1 Å². The summed E-state index contributed by atoms with van der Waals surface area (Å²) in [6, 6.07) is 7.24. The van der Waals surface area contributed by atoms with Crippen LogP contribution in [0.15, 0.2) is 49.7 Å². The zero-order chi connectivity index (χ0) is 22.9. The summed E-state index contributed by atoms with van der Waals surface area (Å²) >= 11 is 0. The average Bonchev–Trinajstić information content (AvgIpc) is 2.70. The number of esters is 1. The van der Waals surface area contributed by atoms with Gasteiger partial charge in [0.25, 0.3) is 0 Å². The Morgan fingerprint density at radius 2 is 2.03 bits per heavy atom. The largest absolute Gasteiger partial charge is 0.465 e. The molecule has 3 rings (SSSR count). The van der Waals surface area contributed by atoms with Gasteiger partial charge in [0.1, 0.15) is 17.3 Å². The highest BCUT2D eigenvalue weighted by Crippen LogP contribution is 2.45. The third-order valence-corrected chi connectivity index (χ3v) is 4.97. The highest BCUT2D eigenvalue weighted by Gasteiger charge is 2.48. The molecule has 0 saturated heterocycles. The number of para-hydroxylation sites is 1. The fourth-order valence-electron chi connectivity index (χ4n) is 3.69. The summed E-state index contributed by atoms with van der Waals surface area (Å²) < 4.78 is 52.0. The quantitative estimate of drug-likeness (QED) is 0.660. The van der Waals surface area contributed by atoms with E-state index in [-0.39, 0.29) is 40.0 Å². The second-order valence-corrected chi connectivity index (χ2v) is 7.19. The minimum Gasteiger partial charge on any atom is -0.465 e. The molecule has 162 valence electrons. The molecule has 0 N–H and O–H groups in total. The van der Waals surface area contributed by atoms with Gasteiger partial charge in [-0.1, -0.05) is 19.1 Å². The van der Waals surface area contributed by atoms with Crippen molar-refractivity contribution in [2.45, 2.75) is 39.3 Å². The van der Waals surface area contributed by atoms with Gasteiger partial charge < -0.3 is 9.15 Å². The predicted molar refractivity (Wildman–Crippen MR) is 107 cm³/mol. The molecule has 1 unspecified atom stereocenters. The minimum absolute atomic E-state index is 0.0229. The molecule has 1 aliphatic heterocycles. The Morgan fingerprint density at radius 3 is 2.65 bits per heavy atom. The van der Waals surface area contributed by atoms with Crippen LogP contribution in [0.25, 0.3) is 11.0 Å². The first-order chi connectivity index (χ1) is 14.6. The van der Waals surface area contributed by atoms with Crippen molar-refractivity contribution in [2.24, 2.45) is 10.9 Å². The molecule has 31 heavy (non-hydrogen) atoms. The molecule has 6 nitrogen and oxygen atoms in total. The van der Waals surface area contributed by atoms with E-state index in [9.17, 15) is 28.0 Å². The zero-order valence-electron chi connectivity index (χ0n) is 17.0. The van der Waals surface area contributed by atoms with Crippen LogP contribution in [0.1, 0.15) is 37.5 Å². The van der Waals surface area contributed by atoms with Crippen molar-refractivity contribution in [2.75, 3.05) is 6.61 Å². The summed E-state index contributed by atoms with van der Waals surface area (Å²) in [5.41, 5.74) is -2.48. The van der Waals surface area contributed by atoms with Crippen LogP contribution in [-0.4, -0.2) is 24.5 Å². The van der Waals surface area contributed by atoms with Crippen molar-refractivity contribution in [1.29, 1.82) is 5.26 Å². The lowest BCUT2D eigenvalue weighted by Crippen LogP contribution is -2.36. The summed E-state index contributed by atoms with van der Waals surface area (Å²) in [7, 11) is 0. The van der Waals surface area contributed by atoms with E-state index >= 15 is 0 Å². The first-order valence-corrected chi connectivity index (χ1v) is 9.56. The maximum absolute atomic E-state index is 13.7. The second-order valence-electron chi connectivity index (χ2n) is 7.19. The fourth-order valence-corrected chi connectivity index (χ4v) is 3.69. The number of nitrogens with zero attached hydrogens (tertiary/aromatic N) is 2. The maximum atomic E-state index is 13.7.